The maximum atomic E-state index is 12.3. The van der Waals surface area contributed by atoms with Crippen LogP contribution in [-0.4, -0.2) is 75.9 Å². The monoisotopic (exact) mass is 506 g/mol. The lowest BCUT2D eigenvalue weighted by atomic mass is 9.43. The second-order valence-corrected chi connectivity index (χ2v) is 13.1. The van der Waals surface area contributed by atoms with Crippen molar-refractivity contribution in [2.24, 2.45) is 34.5 Å². The Hall–Kier alpha value is -1.03. The van der Waals surface area contributed by atoms with Crippen LogP contribution >= 0.6 is 0 Å². The molecular formula is C28H42O8. The topological polar surface area (TPSA) is 126 Å². The summed E-state index contributed by atoms with van der Waals surface area (Å²) in [7, 11) is 0. The van der Waals surface area contributed by atoms with Crippen molar-refractivity contribution in [2.75, 3.05) is 13.2 Å². The van der Waals surface area contributed by atoms with Gasteiger partial charge in [-0.3, -0.25) is 0 Å². The van der Waals surface area contributed by atoms with Gasteiger partial charge in [-0.1, -0.05) is 13.8 Å². The molecule has 2 heterocycles. The van der Waals surface area contributed by atoms with Crippen LogP contribution in [0.2, 0.25) is 0 Å². The lowest BCUT2D eigenvalue weighted by molar-refractivity contribution is -0.290. The lowest BCUT2D eigenvalue weighted by Crippen LogP contribution is -2.62. The third-order valence-corrected chi connectivity index (χ3v) is 11.7. The fraction of sp³-hybridized carbons (Fsp3) is 0.893. The number of esters is 1. The van der Waals surface area contributed by atoms with E-state index in [1.165, 1.54) is 0 Å². The van der Waals surface area contributed by atoms with Crippen LogP contribution in [0.4, 0.5) is 0 Å². The van der Waals surface area contributed by atoms with E-state index >= 15 is 0 Å². The number of aliphatic hydroxyl groups is 4. The minimum absolute atomic E-state index is 0.0456. The number of hydrogen-bond donors (Lipinski definition) is 4. The smallest absolute Gasteiger partial charge is 0.331 e. The first-order valence-corrected chi connectivity index (χ1v) is 14.0. The van der Waals surface area contributed by atoms with Crippen molar-refractivity contribution in [2.45, 2.75) is 108 Å². The summed E-state index contributed by atoms with van der Waals surface area (Å²) in [5, 5.41) is 42.4. The van der Waals surface area contributed by atoms with Crippen LogP contribution in [0.5, 0.6) is 0 Å². The molecule has 0 radical (unpaired) electrons. The van der Waals surface area contributed by atoms with E-state index in [-0.39, 0.29) is 41.3 Å². The Labute approximate surface area is 213 Å². The zero-order chi connectivity index (χ0) is 25.5. The number of carbonyl (C=O) groups excluding carboxylic acids is 1. The minimum Gasteiger partial charge on any atom is -0.458 e. The van der Waals surface area contributed by atoms with E-state index in [9.17, 15) is 25.2 Å². The van der Waals surface area contributed by atoms with Crippen LogP contribution in [0.25, 0.3) is 0 Å². The van der Waals surface area contributed by atoms with E-state index in [1.54, 1.807) is 6.08 Å². The third kappa shape index (κ3) is 3.58. The molecule has 5 fully saturated rings. The molecule has 8 nitrogen and oxygen atoms in total. The summed E-state index contributed by atoms with van der Waals surface area (Å²) in [6, 6.07) is 0. The van der Waals surface area contributed by atoms with Gasteiger partial charge < -0.3 is 34.6 Å². The van der Waals surface area contributed by atoms with Crippen LogP contribution < -0.4 is 0 Å². The van der Waals surface area contributed by atoms with E-state index in [0.29, 0.717) is 18.4 Å². The molecule has 4 aliphatic carbocycles. The molecule has 0 aromatic heterocycles. The van der Waals surface area contributed by atoms with E-state index in [1.807, 2.05) is 0 Å². The SMILES string of the molecule is C[C@]12CC[C@H](O[C@H]3OC[C@H](O)[C@@H](O)[C@@H]3O)C[C@H]1CC[C@@H]1[C@@H]2CC[C@]2(C)[C@@H](C3=CC(=O)OC3)CC[C@]12O. The highest BCUT2D eigenvalue weighted by Crippen LogP contribution is 2.70. The molecule has 36 heavy (non-hydrogen) atoms. The quantitative estimate of drug-likeness (QED) is 0.339. The number of cyclic esters (lactones) is 1. The van der Waals surface area contributed by atoms with Crippen molar-refractivity contribution >= 4 is 5.97 Å². The summed E-state index contributed by atoms with van der Waals surface area (Å²) in [4.78, 5) is 11.8. The highest BCUT2D eigenvalue weighted by atomic mass is 16.7. The van der Waals surface area contributed by atoms with Gasteiger partial charge in [-0.05, 0) is 92.4 Å². The molecule has 0 aromatic carbocycles. The van der Waals surface area contributed by atoms with E-state index in [2.05, 4.69) is 13.8 Å². The Balaban J connectivity index is 1.16. The van der Waals surface area contributed by atoms with Gasteiger partial charge in [-0.25, -0.2) is 4.79 Å². The molecule has 0 amide bonds. The second-order valence-electron chi connectivity index (χ2n) is 13.1. The molecule has 0 spiro atoms. The normalized spacial score (nSPS) is 54.8. The molecular weight excluding hydrogens is 464 g/mol. The van der Waals surface area contributed by atoms with Gasteiger partial charge in [0.05, 0.1) is 18.3 Å². The maximum Gasteiger partial charge on any atom is 0.331 e. The van der Waals surface area contributed by atoms with Gasteiger partial charge in [-0.2, -0.15) is 0 Å². The van der Waals surface area contributed by atoms with Gasteiger partial charge in [0, 0.05) is 11.5 Å². The molecule has 8 heteroatoms. The van der Waals surface area contributed by atoms with Gasteiger partial charge in [0.25, 0.3) is 0 Å². The first-order chi connectivity index (χ1) is 17.1. The molecule has 0 aromatic rings. The molecule has 4 N–H and O–H groups in total. The number of aliphatic hydroxyl groups excluding tert-OH is 3. The molecule has 12 atom stereocenters. The minimum atomic E-state index is -1.26. The van der Waals surface area contributed by atoms with Crippen molar-refractivity contribution < 1.29 is 39.4 Å². The number of carbonyl (C=O) groups is 1. The zero-order valence-corrected chi connectivity index (χ0v) is 21.5. The van der Waals surface area contributed by atoms with Crippen molar-refractivity contribution in [3.8, 4) is 0 Å². The largest absolute Gasteiger partial charge is 0.458 e. The first kappa shape index (κ1) is 25.3. The Morgan fingerprint density at radius 1 is 0.972 bits per heavy atom. The molecule has 6 rings (SSSR count). The molecule has 2 aliphatic heterocycles. The summed E-state index contributed by atoms with van der Waals surface area (Å²) >= 11 is 0. The zero-order valence-electron chi connectivity index (χ0n) is 21.5. The standard InChI is InChI=1S/C28H42O8/c1-26-8-5-17(36-25-24(32)23(31)21(29)14-35-25)12-16(26)3-4-20-19(26)6-9-27(2)18(7-10-28(20,27)33)15-11-22(30)34-13-15/h11,16-21,23-25,29,31-33H,3-10,12-14H2,1-2H3/t16-,17+,18-,19+,20-,21+,23-,24+,25-,26+,27-,28+/m1/s1. The Kier molecular flexibility index (Phi) is 6.14. The summed E-state index contributed by atoms with van der Waals surface area (Å²) in [6.45, 7) is 5.00. The Bertz CT molecular complexity index is 921. The number of fused-ring (bicyclic) bond motifs is 5. The summed E-state index contributed by atoms with van der Waals surface area (Å²) in [5.74, 6) is 1.15. The second kappa shape index (κ2) is 8.75. The van der Waals surface area contributed by atoms with Crippen molar-refractivity contribution in [1.82, 2.24) is 0 Å². The van der Waals surface area contributed by atoms with E-state index < -0.39 is 30.2 Å². The van der Waals surface area contributed by atoms with E-state index in [0.717, 1.165) is 63.4 Å². The fourth-order valence-corrected chi connectivity index (χ4v) is 9.58. The number of ether oxygens (including phenoxy) is 3. The average molecular weight is 507 g/mol. The van der Waals surface area contributed by atoms with Crippen LogP contribution in [0.1, 0.15) is 71.6 Å². The van der Waals surface area contributed by atoms with Gasteiger partial charge >= 0.3 is 5.97 Å². The van der Waals surface area contributed by atoms with Crippen molar-refractivity contribution in [3.05, 3.63) is 11.6 Å². The highest BCUT2D eigenvalue weighted by Gasteiger charge is 2.67. The molecule has 0 bridgehead atoms. The molecule has 4 saturated carbocycles. The van der Waals surface area contributed by atoms with Gasteiger partial charge in [0.1, 0.15) is 24.9 Å². The average Bonchev–Trinajstić information content (AvgIpc) is 3.39. The predicted octanol–water partition coefficient (Wildman–Crippen LogP) is 2.07. The van der Waals surface area contributed by atoms with Crippen molar-refractivity contribution in [3.63, 3.8) is 0 Å². The van der Waals surface area contributed by atoms with E-state index in [4.69, 9.17) is 14.2 Å². The third-order valence-electron chi connectivity index (χ3n) is 11.7. The highest BCUT2D eigenvalue weighted by molar-refractivity contribution is 5.85. The Morgan fingerprint density at radius 3 is 2.53 bits per heavy atom. The van der Waals surface area contributed by atoms with Crippen LogP contribution in [0.3, 0.4) is 0 Å². The first-order valence-electron chi connectivity index (χ1n) is 14.0. The van der Waals surface area contributed by atoms with Crippen LogP contribution in [0, 0.1) is 34.5 Å². The molecule has 6 aliphatic rings. The van der Waals surface area contributed by atoms with Gasteiger partial charge in [-0.15, -0.1) is 0 Å². The van der Waals surface area contributed by atoms with Crippen LogP contribution in [-0.2, 0) is 19.0 Å². The fourth-order valence-electron chi connectivity index (χ4n) is 9.58. The molecule has 1 saturated heterocycles. The van der Waals surface area contributed by atoms with Gasteiger partial charge in [0.15, 0.2) is 6.29 Å². The number of hydrogen-bond acceptors (Lipinski definition) is 8. The van der Waals surface area contributed by atoms with Crippen molar-refractivity contribution in [1.29, 1.82) is 0 Å². The van der Waals surface area contributed by atoms with Crippen LogP contribution in [0.15, 0.2) is 11.6 Å². The number of rotatable bonds is 3. The molecule has 202 valence electrons. The van der Waals surface area contributed by atoms with Gasteiger partial charge in [0.2, 0.25) is 0 Å². The summed E-state index contributed by atoms with van der Waals surface area (Å²) < 4.78 is 16.9. The molecule has 0 unspecified atom stereocenters. The lowest BCUT2D eigenvalue weighted by Gasteiger charge is -2.64. The maximum absolute atomic E-state index is 12.3. The summed E-state index contributed by atoms with van der Waals surface area (Å²) in [6.07, 6.45) is 5.63. The predicted molar refractivity (Wildman–Crippen MR) is 128 cm³/mol. The Morgan fingerprint density at radius 2 is 1.78 bits per heavy atom. The summed E-state index contributed by atoms with van der Waals surface area (Å²) in [5.41, 5.74) is 0.257.